The third kappa shape index (κ3) is 4.83. The molecular formula is C24H26BrNO5. The average molecular weight is 488 g/mol. The second-order valence-electron chi connectivity index (χ2n) is 7.68. The van der Waals surface area contributed by atoms with Crippen molar-refractivity contribution in [3.05, 3.63) is 69.2 Å². The summed E-state index contributed by atoms with van der Waals surface area (Å²) >= 11 is 3.41. The number of carbonyl (C=O) groups is 2. The number of ketones is 1. The molecule has 1 heterocycles. The molecule has 3 rings (SSSR count). The Morgan fingerprint density at radius 1 is 1.16 bits per heavy atom. The number of ether oxygens (including phenoxy) is 2. The SMILES string of the molecule is COCCN1C(=O)C(=O)/C(=C(/O)c2ccc(OC(C)C)c(C)c2)[C@@H]1c1ccc(Br)cc1. The molecule has 1 fully saturated rings. The van der Waals surface area contributed by atoms with Crippen LogP contribution >= 0.6 is 15.9 Å². The van der Waals surface area contributed by atoms with E-state index in [1.807, 2.05) is 45.0 Å². The number of likely N-dealkylation sites (tertiary alicyclic amines) is 1. The summed E-state index contributed by atoms with van der Waals surface area (Å²) in [6.07, 6.45) is 0.0154. The van der Waals surface area contributed by atoms with Crippen LogP contribution < -0.4 is 4.74 Å². The summed E-state index contributed by atoms with van der Waals surface area (Å²) in [5.41, 5.74) is 2.09. The lowest BCUT2D eigenvalue weighted by atomic mass is 9.95. The van der Waals surface area contributed by atoms with Crippen molar-refractivity contribution in [2.75, 3.05) is 20.3 Å². The first-order valence-corrected chi connectivity index (χ1v) is 10.8. The molecule has 1 saturated heterocycles. The zero-order valence-electron chi connectivity index (χ0n) is 18.0. The first kappa shape index (κ1) is 23.0. The van der Waals surface area contributed by atoms with Gasteiger partial charge in [-0.3, -0.25) is 9.59 Å². The fourth-order valence-electron chi connectivity index (χ4n) is 3.63. The van der Waals surface area contributed by atoms with Crippen molar-refractivity contribution in [3.8, 4) is 5.75 Å². The van der Waals surface area contributed by atoms with E-state index in [2.05, 4.69) is 15.9 Å². The Hall–Kier alpha value is -2.64. The number of hydrogen-bond donors (Lipinski definition) is 1. The molecule has 0 saturated carbocycles. The predicted molar refractivity (Wildman–Crippen MR) is 122 cm³/mol. The molecule has 31 heavy (non-hydrogen) atoms. The van der Waals surface area contributed by atoms with Gasteiger partial charge in [0.15, 0.2) is 0 Å². The Labute approximate surface area is 190 Å². The maximum Gasteiger partial charge on any atom is 0.295 e. The van der Waals surface area contributed by atoms with Crippen LogP contribution in [0.2, 0.25) is 0 Å². The topological polar surface area (TPSA) is 76.1 Å². The number of hydrogen-bond acceptors (Lipinski definition) is 5. The molecule has 0 radical (unpaired) electrons. The summed E-state index contributed by atoms with van der Waals surface area (Å²) in [5, 5.41) is 11.1. The average Bonchev–Trinajstić information content (AvgIpc) is 2.98. The van der Waals surface area contributed by atoms with Gasteiger partial charge in [0, 0.05) is 23.7 Å². The molecule has 164 valence electrons. The third-order valence-electron chi connectivity index (χ3n) is 5.07. The quantitative estimate of drug-likeness (QED) is 0.350. The number of benzene rings is 2. The summed E-state index contributed by atoms with van der Waals surface area (Å²) in [5.74, 6) is -0.855. The minimum atomic E-state index is -0.707. The molecule has 1 aliphatic heterocycles. The van der Waals surface area contributed by atoms with Crippen LogP contribution in [0.15, 0.2) is 52.5 Å². The van der Waals surface area contributed by atoms with Crippen LogP contribution in [0.1, 0.15) is 36.6 Å². The molecule has 7 heteroatoms. The molecule has 0 bridgehead atoms. The van der Waals surface area contributed by atoms with Crippen molar-refractivity contribution >= 4 is 33.4 Å². The van der Waals surface area contributed by atoms with Crippen molar-refractivity contribution in [1.82, 2.24) is 4.90 Å². The fraction of sp³-hybridized carbons (Fsp3) is 0.333. The van der Waals surface area contributed by atoms with Crippen molar-refractivity contribution in [2.45, 2.75) is 32.9 Å². The Balaban J connectivity index is 2.11. The fourth-order valence-corrected chi connectivity index (χ4v) is 3.89. The number of aliphatic hydroxyl groups excluding tert-OH is 1. The number of nitrogens with zero attached hydrogens (tertiary/aromatic N) is 1. The van der Waals surface area contributed by atoms with Crippen LogP contribution in [0.5, 0.6) is 5.75 Å². The maximum atomic E-state index is 13.0. The standard InChI is InChI=1S/C24H26BrNO5/c1-14(2)31-19-10-7-17(13-15(19)3)22(27)20-21(16-5-8-18(25)9-6-16)26(11-12-30-4)24(29)23(20)28/h5-10,13-14,21,27H,11-12H2,1-4H3/b22-20+/t21-/m0/s1. The third-order valence-corrected chi connectivity index (χ3v) is 5.60. The molecule has 0 aliphatic carbocycles. The molecule has 1 amide bonds. The van der Waals surface area contributed by atoms with E-state index in [9.17, 15) is 14.7 Å². The zero-order valence-corrected chi connectivity index (χ0v) is 19.6. The second-order valence-corrected chi connectivity index (χ2v) is 8.60. The van der Waals surface area contributed by atoms with E-state index in [4.69, 9.17) is 9.47 Å². The lowest BCUT2D eigenvalue weighted by Gasteiger charge is -2.25. The Morgan fingerprint density at radius 2 is 1.84 bits per heavy atom. The van der Waals surface area contributed by atoms with E-state index < -0.39 is 17.7 Å². The minimum absolute atomic E-state index is 0.0154. The predicted octanol–water partition coefficient (Wildman–Crippen LogP) is 4.61. The van der Waals surface area contributed by atoms with E-state index in [0.29, 0.717) is 11.3 Å². The van der Waals surface area contributed by atoms with Gasteiger partial charge in [0.2, 0.25) is 0 Å². The van der Waals surface area contributed by atoms with E-state index >= 15 is 0 Å². The number of amides is 1. The monoisotopic (exact) mass is 487 g/mol. The first-order chi connectivity index (χ1) is 14.7. The lowest BCUT2D eigenvalue weighted by Crippen LogP contribution is -2.32. The molecule has 0 unspecified atom stereocenters. The highest BCUT2D eigenvalue weighted by Gasteiger charge is 2.45. The molecule has 0 aromatic heterocycles. The number of methoxy groups -OCH3 is 1. The number of carbonyl (C=O) groups excluding carboxylic acids is 2. The van der Waals surface area contributed by atoms with Crippen LogP contribution in [0.4, 0.5) is 0 Å². The van der Waals surface area contributed by atoms with Crippen LogP contribution in [-0.4, -0.2) is 48.1 Å². The summed E-state index contributed by atoms with van der Waals surface area (Å²) < 4.78 is 11.8. The molecule has 1 N–H and O–H groups in total. The highest BCUT2D eigenvalue weighted by molar-refractivity contribution is 9.10. The normalized spacial score (nSPS) is 18.1. The molecule has 1 atom stereocenters. The molecular weight excluding hydrogens is 462 g/mol. The maximum absolute atomic E-state index is 13.0. The van der Waals surface area contributed by atoms with Crippen molar-refractivity contribution in [2.24, 2.45) is 0 Å². The van der Waals surface area contributed by atoms with E-state index in [-0.39, 0.29) is 30.6 Å². The number of aliphatic hydroxyl groups is 1. The lowest BCUT2D eigenvalue weighted by molar-refractivity contribution is -0.140. The summed E-state index contributed by atoms with van der Waals surface area (Å²) in [4.78, 5) is 27.2. The number of halogens is 1. The Bertz CT molecular complexity index is 1010. The minimum Gasteiger partial charge on any atom is -0.507 e. The second kappa shape index (κ2) is 9.66. The van der Waals surface area contributed by atoms with Crippen molar-refractivity contribution < 1.29 is 24.2 Å². The van der Waals surface area contributed by atoms with Gasteiger partial charge in [0.25, 0.3) is 11.7 Å². The Morgan fingerprint density at radius 3 is 2.42 bits per heavy atom. The van der Waals surface area contributed by atoms with Gasteiger partial charge in [0.05, 0.1) is 24.3 Å². The molecule has 2 aromatic rings. The first-order valence-electron chi connectivity index (χ1n) is 10.0. The van der Waals surface area contributed by atoms with Gasteiger partial charge in [-0.2, -0.15) is 0 Å². The van der Waals surface area contributed by atoms with Gasteiger partial charge in [-0.15, -0.1) is 0 Å². The van der Waals surface area contributed by atoms with Gasteiger partial charge in [-0.25, -0.2) is 0 Å². The molecule has 1 aliphatic rings. The number of aryl methyl sites for hydroxylation is 1. The van der Waals surface area contributed by atoms with Gasteiger partial charge in [-0.1, -0.05) is 28.1 Å². The molecule has 0 spiro atoms. The van der Waals surface area contributed by atoms with Crippen LogP contribution in [0, 0.1) is 6.92 Å². The van der Waals surface area contributed by atoms with Crippen molar-refractivity contribution in [1.29, 1.82) is 0 Å². The smallest absolute Gasteiger partial charge is 0.295 e. The van der Waals surface area contributed by atoms with E-state index in [1.165, 1.54) is 12.0 Å². The molecule has 2 aromatic carbocycles. The van der Waals surface area contributed by atoms with Gasteiger partial charge < -0.3 is 19.5 Å². The number of Topliss-reactive ketones (excluding diaryl/α,β-unsaturated/α-hetero) is 1. The van der Waals surface area contributed by atoms with Crippen molar-refractivity contribution in [3.63, 3.8) is 0 Å². The highest BCUT2D eigenvalue weighted by atomic mass is 79.9. The summed E-state index contributed by atoms with van der Waals surface area (Å²) in [6.45, 7) is 6.26. The van der Waals surface area contributed by atoms with Crippen LogP contribution in [0.3, 0.4) is 0 Å². The largest absolute Gasteiger partial charge is 0.507 e. The highest BCUT2D eigenvalue weighted by Crippen LogP contribution is 2.40. The number of rotatable bonds is 7. The van der Waals surface area contributed by atoms with E-state index in [1.54, 1.807) is 18.2 Å². The van der Waals surface area contributed by atoms with Gasteiger partial charge in [0.1, 0.15) is 11.5 Å². The van der Waals surface area contributed by atoms with Gasteiger partial charge in [-0.05, 0) is 62.2 Å². The zero-order chi connectivity index (χ0) is 22.7. The van der Waals surface area contributed by atoms with Gasteiger partial charge >= 0.3 is 0 Å². The Kier molecular flexibility index (Phi) is 7.18. The summed E-state index contributed by atoms with van der Waals surface area (Å²) in [6, 6.07) is 11.9. The van der Waals surface area contributed by atoms with Crippen LogP contribution in [-0.2, 0) is 14.3 Å². The summed E-state index contributed by atoms with van der Waals surface area (Å²) in [7, 11) is 1.54. The van der Waals surface area contributed by atoms with E-state index in [0.717, 1.165) is 15.6 Å². The molecule has 6 nitrogen and oxygen atoms in total. The van der Waals surface area contributed by atoms with Crippen LogP contribution in [0.25, 0.3) is 5.76 Å².